The summed E-state index contributed by atoms with van der Waals surface area (Å²) in [5, 5.41) is 0. The van der Waals surface area contributed by atoms with Crippen molar-refractivity contribution in [1.82, 2.24) is 0 Å². The van der Waals surface area contributed by atoms with Crippen molar-refractivity contribution in [3.63, 3.8) is 0 Å². The fraction of sp³-hybridized carbons (Fsp3) is 0.167. The summed E-state index contributed by atoms with van der Waals surface area (Å²) in [6.45, 7) is -0.403. The van der Waals surface area contributed by atoms with Gasteiger partial charge in [-0.05, 0) is 60.7 Å². The largest absolute Gasteiger partial charge is 0.484 e. The summed E-state index contributed by atoms with van der Waals surface area (Å²) in [5.41, 5.74) is 0.711. The maximum Gasteiger partial charge on any atom is 0.348 e. The molecule has 0 saturated heterocycles. The lowest BCUT2D eigenvalue weighted by Crippen LogP contribution is -2.48. The van der Waals surface area contributed by atoms with E-state index >= 15 is 0 Å². The Hall–Kier alpha value is -4.12. The first-order valence-corrected chi connectivity index (χ1v) is 11.9. The first-order valence-electron chi connectivity index (χ1n) is 10.4. The van der Waals surface area contributed by atoms with Crippen molar-refractivity contribution >= 4 is 33.3 Å². The number of para-hydroxylation sites is 2. The number of amides is 1. The molecule has 4 rings (SSSR count). The molecule has 1 N–H and O–H groups in total. The molecule has 11 heteroatoms. The number of fused-ring (bicyclic) bond motifs is 1. The van der Waals surface area contributed by atoms with Crippen molar-refractivity contribution in [2.75, 3.05) is 29.9 Å². The minimum Gasteiger partial charge on any atom is -0.484 e. The molecule has 0 unspecified atom stereocenters. The summed E-state index contributed by atoms with van der Waals surface area (Å²) in [5.74, 6) is -0.880. The molecule has 1 atom stereocenters. The SMILES string of the molecule is COC(=O)[C@H]1CN(C(=O)COc2ccc(S(=O)(=O)Nc3ccc(F)cc3)cc2)c2ccccc2O1. The Labute approximate surface area is 201 Å². The number of hydrogen-bond donors (Lipinski definition) is 1. The molecule has 9 nitrogen and oxygen atoms in total. The van der Waals surface area contributed by atoms with Crippen LogP contribution in [0.5, 0.6) is 11.5 Å². The van der Waals surface area contributed by atoms with Gasteiger partial charge in [-0.1, -0.05) is 12.1 Å². The Morgan fingerprint density at radius 3 is 2.43 bits per heavy atom. The number of esters is 1. The van der Waals surface area contributed by atoms with E-state index in [2.05, 4.69) is 4.72 Å². The van der Waals surface area contributed by atoms with E-state index in [0.717, 1.165) is 12.1 Å². The monoisotopic (exact) mass is 500 g/mol. The van der Waals surface area contributed by atoms with Crippen molar-refractivity contribution in [2.24, 2.45) is 0 Å². The maximum absolute atomic E-state index is 13.0. The molecule has 0 aromatic heterocycles. The van der Waals surface area contributed by atoms with E-state index < -0.39 is 33.8 Å². The highest BCUT2D eigenvalue weighted by molar-refractivity contribution is 7.92. The predicted molar refractivity (Wildman–Crippen MR) is 124 cm³/mol. The number of hydrogen-bond acceptors (Lipinski definition) is 7. The van der Waals surface area contributed by atoms with E-state index in [9.17, 15) is 22.4 Å². The summed E-state index contributed by atoms with van der Waals surface area (Å²) in [6.07, 6.45) is -0.975. The topological polar surface area (TPSA) is 111 Å². The first kappa shape index (κ1) is 24.0. The number of ether oxygens (including phenoxy) is 3. The molecule has 1 amide bonds. The van der Waals surface area contributed by atoms with Crippen LogP contribution in [0.1, 0.15) is 0 Å². The van der Waals surface area contributed by atoms with Crippen LogP contribution >= 0.6 is 0 Å². The molecule has 1 aliphatic rings. The number of carbonyl (C=O) groups is 2. The Balaban J connectivity index is 1.42. The van der Waals surface area contributed by atoms with Gasteiger partial charge in [0.2, 0.25) is 6.10 Å². The van der Waals surface area contributed by atoms with Gasteiger partial charge in [-0.2, -0.15) is 0 Å². The van der Waals surface area contributed by atoms with Crippen LogP contribution in [0.25, 0.3) is 0 Å². The molecule has 0 radical (unpaired) electrons. The van der Waals surface area contributed by atoms with Gasteiger partial charge < -0.3 is 19.1 Å². The summed E-state index contributed by atoms with van der Waals surface area (Å²) < 4.78 is 56.4. The van der Waals surface area contributed by atoms with Gasteiger partial charge in [0.15, 0.2) is 6.61 Å². The molecular formula is C24H21FN2O7S. The van der Waals surface area contributed by atoms with E-state index in [1.807, 2.05) is 0 Å². The second-order valence-corrected chi connectivity index (χ2v) is 9.16. The van der Waals surface area contributed by atoms with Gasteiger partial charge in [0.05, 0.1) is 24.2 Å². The summed E-state index contributed by atoms with van der Waals surface area (Å²) >= 11 is 0. The molecular weight excluding hydrogens is 479 g/mol. The van der Waals surface area contributed by atoms with E-state index in [-0.39, 0.29) is 29.5 Å². The number of methoxy groups -OCH3 is 1. The van der Waals surface area contributed by atoms with Crippen molar-refractivity contribution in [3.8, 4) is 11.5 Å². The highest BCUT2D eigenvalue weighted by Crippen LogP contribution is 2.33. The third-order valence-corrected chi connectivity index (χ3v) is 6.53. The van der Waals surface area contributed by atoms with Gasteiger partial charge in [-0.3, -0.25) is 9.52 Å². The lowest BCUT2D eigenvalue weighted by Gasteiger charge is -2.33. The van der Waals surface area contributed by atoms with Crippen LogP contribution in [0.4, 0.5) is 15.8 Å². The van der Waals surface area contributed by atoms with Gasteiger partial charge >= 0.3 is 5.97 Å². The van der Waals surface area contributed by atoms with Crippen LogP contribution in [-0.4, -0.2) is 46.7 Å². The Morgan fingerprint density at radius 1 is 1.06 bits per heavy atom. The number of benzene rings is 3. The number of anilines is 2. The van der Waals surface area contributed by atoms with E-state index in [1.165, 1.54) is 48.4 Å². The fourth-order valence-electron chi connectivity index (χ4n) is 3.39. The maximum atomic E-state index is 13.0. The zero-order valence-electron chi connectivity index (χ0n) is 18.5. The molecule has 0 bridgehead atoms. The van der Waals surface area contributed by atoms with Crippen LogP contribution in [0.15, 0.2) is 77.7 Å². The van der Waals surface area contributed by atoms with Crippen molar-refractivity contribution in [3.05, 3.63) is 78.6 Å². The number of nitrogens with zero attached hydrogens (tertiary/aromatic N) is 1. The number of rotatable bonds is 7. The molecule has 182 valence electrons. The van der Waals surface area contributed by atoms with Gasteiger partial charge in [-0.25, -0.2) is 17.6 Å². The lowest BCUT2D eigenvalue weighted by molar-refractivity contribution is -0.148. The predicted octanol–water partition coefficient (Wildman–Crippen LogP) is 2.97. The molecule has 3 aromatic carbocycles. The van der Waals surface area contributed by atoms with Crippen LogP contribution in [0, 0.1) is 5.82 Å². The van der Waals surface area contributed by atoms with Gasteiger partial charge in [0.1, 0.15) is 17.3 Å². The van der Waals surface area contributed by atoms with Crippen LogP contribution in [-0.2, 0) is 24.3 Å². The fourth-order valence-corrected chi connectivity index (χ4v) is 4.45. The smallest absolute Gasteiger partial charge is 0.348 e. The van der Waals surface area contributed by atoms with Gasteiger partial charge in [0, 0.05) is 5.69 Å². The number of carbonyl (C=O) groups excluding carboxylic acids is 2. The van der Waals surface area contributed by atoms with Crippen LogP contribution in [0.3, 0.4) is 0 Å². The second kappa shape index (κ2) is 10.0. The standard InChI is InChI=1S/C24H21FN2O7S/c1-32-24(29)22-14-27(20-4-2-3-5-21(20)34-22)23(28)15-33-18-10-12-19(13-11-18)35(30,31)26-17-8-6-16(25)7-9-17/h2-13,22,26H,14-15H2,1H3/t22-/m1/s1. The highest BCUT2D eigenvalue weighted by Gasteiger charge is 2.34. The Morgan fingerprint density at radius 2 is 1.74 bits per heavy atom. The van der Waals surface area contributed by atoms with Gasteiger partial charge in [-0.15, -0.1) is 0 Å². The molecule has 1 heterocycles. The number of halogens is 1. The lowest BCUT2D eigenvalue weighted by atomic mass is 10.2. The minimum atomic E-state index is -3.90. The quantitative estimate of drug-likeness (QED) is 0.497. The number of sulfonamides is 1. The van der Waals surface area contributed by atoms with E-state index in [4.69, 9.17) is 14.2 Å². The number of nitrogens with one attached hydrogen (secondary N) is 1. The third-order valence-electron chi connectivity index (χ3n) is 5.13. The molecule has 1 aliphatic heterocycles. The zero-order chi connectivity index (χ0) is 25.0. The Bertz CT molecular complexity index is 1330. The second-order valence-electron chi connectivity index (χ2n) is 7.47. The summed E-state index contributed by atoms with van der Waals surface area (Å²) in [4.78, 5) is 26.2. The molecule has 0 spiro atoms. The average molecular weight is 501 g/mol. The molecule has 0 aliphatic carbocycles. The van der Waals surface area contributed by atoms with E-state index in [1.54, 1.807) is 24.3 Å². The average Bonchev–Trinajstić information content (AvgIpc) is 2.87. The zero-order valence-corrected chi connectivity index (χ0v) is 19.3. The minimum absolute atomic E-state index is 0.0384. The van der Waals surface area contributed by atoms with Crippen LogP contribution < -0.4 is 19.1 Å². The molecule has 0 fully saturated rings. The Kier molecular flexibility index (Phi) is 6.87. The summed E-state index contributed by atoms with van der Waals surface area (Å²) in [7, 11) is -2.67. The van der Waals surface area contributed by atoms with Crippen molar-refractivity contribution in [2.45, 2.75) is 11.0 Å². The first-order chi connectivity index (χ1) is 16.8. The van der Waals surface area contributed by atoms with Gasteiger partial charge in [0.25, 0.3) is 15.9 Å². The molecule has 35 heavy (non-hydrogen) atoms. The molecule has 0 saturated carbocycles. The van der Waals surface area contributed by atoms with Crippen molar-refractivity contribution in [1.29, 1.82) is 0 Å². The van der Waals surface area contributed by atoms with E-state index in [0.29, 0.717) is 11.4 Å². The normalized spacial score (nSPS) is 14.9. The molecule has 3 aromatic rings. The summed E-state index contributed by atoms with van der Waals surface area (Å²) in [6, 6.07) is 17.2. The highest BCUT2D eigenvalue weighted by atomic mass is 32.2. The third kappa shape index (κ3) is 5.52. The van der Waals surface area contributed by atoms with Crippen molar-refractivity contribution < 1.29 is 36.6 Å². The van der Waals surface area contributed by atoms with Crippen LogP contribution in [0.2, 0.25) is 0 Å².